The van der Waals surface area contributed by atoms with Gasteiger partial charge in [-0.1, -0.05) is 0 Å². The summed E-state index contributed by atoms with van der Waals surface area (Å²) in [5.74, 6) is 1.80. The zero-order valence-corrected chi connectivity index (χ0v) is 17.7. The molecule has 4 heterocycles. The van der Waals surface area contributed by atoms with Gasteiger partial charge in [0.05, 0.1) is 24.2 Å². The van der Waals surface area contributed by atoms with Crippen LogP contribution in [0, 0.1) is 0 Å². The fourth-order valence-corrected chi connectivity index (χ4v) is 5.74. The van der Waals surface area contributed by atoms with E-state index in [0.29, 0.717) is 6.61 Å². The van der Waals surface area contributed by atoms with E-state index in [4.69, 9.17) is 19.4 Å². The van der Waals surface area contributed by atoms with E-state index in [1.165, 1.54) is 28.7 Å². The molecule has 1 fully saturated rings. The SMILES string of the molecule is COCC1CN(c2nc(-c3cccnc3)nc3sc4c(c23)CCCC4)CC(C)O1. The van der Waals surface area contributed by atoms with E-state index in [2.05, 4.69) is 16.8 Å². The average Bonchev–Trinajstić information content (AvgIpc) is 3.12. The van der Waals surface area contributed by atoms with Gasteiger partial charge >= 0.3 is 0 Å². The molecule has 0 radical (unpaired) electrons. The number of nitrogens with zero attached hydrogens (tertiary/aromatic N) is 4. The number of hydrogen-bond donors (Lipinski definition) is 0. The van der Waals surface area contributed by atoms with Gasteiger partial charge in [-0.15, -0.1) is 11.3 Å². The molecular formula is C22H26N4O2S. The number of pyridine rings is 1. The minimum Gasteiger partial charge on any atom is -0.382 e. The van der Waals surface area contributed by atoms with Gasteiger partial charge in [-0.05, 0) is 50.3 Å². The lowest BCUT2D eigenvalue weighted by atomic mass is 9.96. The monoisotopic (exact) mass is 410 g/mol. The molecule has 0 spiro atoms. The summed E-state index contributed by atoms with van der Waals surface area (Å²) < 4.78 is 11.5. The normalized spacial score (nSPS) is 22.1. The molecule has 1 saturated heterocycles. The molecule has 2 aliphatic rings. The molecule has 2 unspecified atom stereocenters. The zero-order chi connectivity index (χ0) is 19.8. The molecule has 0 bridgehead atoms. The minimum atomic E-state index is 0.0464. The Morgan fingerprint density at radius 1 is 1.24 bits per heavy atom. The van der Waals surface area contributed by atoms with Crippen LogP contribution in [0.1, 0.15) is 30.2 Å². The standard InChI is InChI=1S/C22H26N4O2S/c1-14-11-26(12-16(28-14)13-27-2)21-19-17-7-3-4-8-18(17)29-22(19)25-20(24-21)15-6-5-9-23-10-15/h5-6,9-10,14,16H,3-4,7-8,11-13H2,1-2H3. The van der Waals surface area contributed by atoms with Crippen molar-refractivity contribution in [1.82, 2.24) is 15.0 Å². The fraction of sp³-hybridized carbons (Fsp3) is 0.500. The number of anilines is 1. The summed E-state index contributed by atoms with van der Waals surface area (Å²) in [6.45, 7) is 4.31. The van der Waals surface area contributed by atoms with Crippen LogP contribution in [0.3, 0.4) is 0 Å². The predicted octanol–water partition coefficient (Wildman–Crippen LogP) is 3.87. The number of fused-ring (bicyclic) bond motifs is 3. The molecule has 0 amide bonds. The van der Waals surface area contributed by atoms with Crippen molar-refractivity contribution < 1.29 is 9.47 Å². The maximum atomic E-state index is 6.08. The largest absolute Gasteiger partial charge is 0.382 e. The van der Waals surface area contributed by atoms with Crippen LogP contribution >= 0.6 is 11.3 Å². The van der Waals surface area contributed by atoms with Crippen molar-refractivity contribution in [2.75, 3.05) is 31.7 Å². The molecular weight excluding hydrogens is 384 g/mol. The van der Waals surface area contributed by atoms with Crippen molar-refractivity contribution in [3.8, 4) is 11.4 Å². The van der Waals surface area contributed by atoms with Crippen LogP contribution in [0.4, 0.5) is 5.82 Å². The highest BCUT2D eigenvalue weighted by molar-refractivity contribution is 7.19. The Bertz CT molecular complexity index is 1010. The molecule has 5 rings (SSSR count). The second-order valence-electron chi connectivity index (χ2n) is 7.93. The van der Waals surface area contributed by atoms with Crippen LogP contribution in [-0.4, -0.2) is 54.0 Å². The highest BCUT2D eigenvalue weighted by atomic mass is 32.1. The van der Waals surface area contributed by atoms with E-state index in [-0.39, 0.29) is 12.2 Å². The molecule has 1 aliphatic carbocycles. The first kappa shape index (κ1) is 18.9. The molecule has 7 heteroatoms. The fourth-order valence-electron chi connectivity index (χ4n) is 4.49. The van der Waals surface area contributed by atoms with Crippen LogP contribution in [0.5, 0.6) is 0 Å². The molecule has 1 aliphatic heterocycles. The molecule has 6 nitrogen and oxygen atoms in total. The highest BCUT2D eigenvalue weighted by Gasteiger charge is 2.30. The maximum Gasteiger partial charge on any atom is 0.164 e. The van der Waals surface area contributed by atoms with Crippen molar-refractivity contribution >= 4 is 27.4 Å². The average molecular weight is 411 g/mol. The van der Waals surface area contributed by atoms with Crippen molar-refractivity contribution in [2.45, 2.75) is 44.8 Å². The molecule has 0 N–H and O–H groups in total. The second-order valence-corrected chi connectivity index (χ2v) is 9.02. The van der Waals surface area contributed by atoms with Crippen LogP contribution < -0.4 is 4.90 Å². The molecule has 2 atom stereocenters. The summed E-state index contributed by atoms with van der Waals surface area (Å²) in [6.07, 6.45) is 8.59. The van der Waals surface area contributed by atoms with Gasteiger partial charge in [0.15, 0.2) is 5.82 Å². The Morgan fingerprint density at radius 2 is 2.14 bits per heavy atom. The van der Waals surface area contributed by atoms with Crippen molar-refractivity contribution in [2.24, 2.45) is 0 Å². The van der Waals surface area contributed by atoms with Crippen molar-refractivity contribution in [1.29, 1.82) is 0 Å². The van der Waals surface area contributed by atoms with Crippen LogP contribution in [0.2, 0.25) is 0 Å². The lowest BCUT2D eigenvalue weighted by molar-refractivity contribution is -0.0512. The summed E-state index contributed by atoms with van der Waals surface area (Å²) in [5, 5.41) is 1.25. The van der Waals surface area contributed by atoms with E-state index in [0.717, 1.165) is 48.0 Å². The van der Waals surface area contributed by atoms with Gasteiger partial charge in [-0.25, -0.2) is 9.97 Å². The Balaban J connectivity index is 1.66. The summed E-state index contributed by atoms with van der Waals surface area (Å²) in [4.78, 5) is 19.3. The van der Waals surface area contributed by atoms with E-state index < -0.39 is 0 Å². The number of aromatic nitrogens is 3. The van der Waals surface area contributed by atoms with E-state index in [1.54, 1.807) is 13.3 Å². The maximum absolute atomic E-state index is 6.08. The highest BCUT2D eigenvalue weighted by Crippen LogP contribution is 2.41. The minimum absolute atomic E-state index is 0.0464. The van der Waals surface area contributed by atoms with Gasteiger partial charge < -0.3 is 14.4 Å². The molecule has 0 aromatic carbocycles. The topological polar surface area (TPSA) is 60.4 Å². The molecule has 152 valence electrons. The Morgan fingerprint density at radius 3 is 2.97 bits per heavy atom. The summed E-state index contributed by atoms with van der Waals surface area (Å²) in [5.41, 5.74) is 2.42. The number of ether oxygens (including phenoxy) is 2. The number of morpholine rings is 1. The zero-order valence-electron chi connectivity index (χ0n) is 16.9. The number of rotatable bonds is 4. The van der Waals surface area contributed by atoms with Gasteiger partial charge in [0.1, 0.15) is 10.6 Å². The smallest absolute Gasteiger partial charge is 0.164 e. The lowest BCUT2D eigenvalue weighted by Gasteiger charge is -2.37. The number of thiophene rings is 1. The molecule has 0 saturated carbocycles. The molecule has 3 aromatic heterocycles. The van der Waals surface area contributed by atoms with Crippen molar-refractivity contribution in [3.05, 3.63) is 35.0 Å². The predicted molar refractivity (Wildman–Crippen MR) is 116 cm³/mol. The third kappa shape index (κ3) is 3.63. The second kappa shape index (κ2) is 7.97. The van der Waals surface area contributed by atoms with Crippen molar-refractivity contribution in [3.63, 3.8) is 0 Å². The van der Waals surface area contributed by atoms with E-state index in [9.17, 15) is 0 Å². The summed E-state index contributed by atoms with van der Waals surface area (Å²) in [7, 11) is 1.73. The van der Waals surface area contributed by atoms with Crippen LogP contribution in [-0.2, 0) is 22.3 Å². The van der Waals surface area contributed by atoms with Gasteiger partial charge in [0.2, 0.25) is 0 Å². The van der Waals surface area contributed by atoms with E-state index in [1.807, 2.05) is 29.7 Å². The van der Waals surface area contributed by atoms with Crippen LogP contribution in [0.25, 0.3) is 21.6 Å². The van der Waals surface area contributed by atoms with E-state index >= 15 is 0 Å². The van der Waals surface area contributed by atoms with Gasteiger partial charge in [0, 0.05) is 43.0 Å². The first-order valence-electron chi connectivity index (χ1n) is 10.3. The lowest BCUT2D eigenvalue weighted by Crippen LogP contribution is -2.48. The van der Waals surface area contributed by atoms with Gasteiger partial charge in [0.25, 0.3) is 0 Å². The first-order valence-corrected chi connectivity index (χ1v) is 11.2. The molecule has 29 heavy (non-hydrogen) atoms. The first-order chi connectivity index (χ1) is 14.2. The number of methoxy groups -OCH3 is 1. The Labute approximate surface area is 174 Å². The van der Waals surface area contributed by atoms with Gasteiger partial charge in [-0.2, -0.15) is 0 Å². The number of hydrogen-bond acceptors (Lipinski definition) is 7. The van der Waals surface area contributed by atoms with Gasteiger partial charge in [-0.3, -0.25) is 4.98 Å². The third-order valence-corrected chi connectivity index (χ3v) is 6.88. The Kier molecular flexibility index (Phi) is 5.20. The Hall–Kier alpha value is -2.09. The summed E-state index contributed by atoms with van der Waals surface area (Å²) >= 11 is 1.84. The quantitative estimate of drug-likeness (QED) is 0.651. The molecule has 3 aromatic rings. The summed E-state index contributed by atoms with van der Waals surface area (Å²) in [6, 6.07) is 3.97. The van der Waals surface area contributed by atoms with Crippen LogP contribution in [0.15, 0.2) is 24.5 Å². The third-order valence-electron chi connectivity index (χ3n) is 5.69. The number of aryl methyl sites for hydroxylation is 2.